The lowest BCUT2D eigenvalue weighted by atomic mass is 10.2. The zero-order valence-electron chi connectivity index (χ0n) is 17.9. The number of aryl methyl sites for hydroxylation is 1. The van der Waals surface area contributed by atoms with Gasteiger partial charge in [0.1, 0.15) is 0 Å². The molecule has 176 valence electrons. The largest absolute Gasteiger partial charge is 0.271 e. The van der Waals surface area contributed by atoms with Gasteiger partial charge in [0.15, 0.2) is 11.0 Å². The molecule has 0 saturated heterocycles. The summed E-state index contributed by atoms with van der Waals surface area (Å²) in [6, 6.07) is 19.1. The molecule has 4 rings (SSSR count). The predicted molar refractivity (Wildman–Crippen MR) is 138 cm³/mol. The van der Waals surface area contributed by atoms with Crippen LogP contribution >= 0.6 is 46.6 Å². The van der Waals surface area contributed by atoms with E-state index in [9.17, 15) is 8.42 Å². The number of nitrogens with zero attached hydrogens (tertiary/aromatic N) is 3. The van der Waals surface area contributed by atoms with Gasteiger partial charge in [-0.1, -0.05) is 76.4 Å². The van der Waals surface area contributed by atoms with Crippen molar-refractivity contribution in [2.45, 2.75) is 29.3 Å². The minimum atomic E-state index is -3.80. The lowest BCUT2D eigenvalue weighted by Crippen LogP contribution is -2.25. The van der Waals surface area contributed by atoms with Gasteiger partial charge in [-0.3, -0.25) is 4.57 Å². The molecule has 0 spiro atoms. The Morgan fingerprint density at radius 2 is 1.68 bits per heavy atom. The summed E-state index contributed by atoms with van der Waals surface area (Å²) in [4.78, 5) is 0.0952. The summed E-state index contributed by atoms with van der Waals surface area (Å²) in [6.07, 6.45) is 0. The average molecular weight is 554 g/mol. The molecular formula is C23H19Cl3N4O2S2. The average Bonchev–Trinajstić information content (AvgIpc) is 3.21. The van der Waals surface area contributed by atoms with Crippen LogP contribution in [-0.4, -0.2) is 23.2 Å². The summed E-state index contributed by atoms with van der Waals surface area (Å²) in [5.74, 6) is 1.02. The van der Waals surface area contributed by atoms with Crippen LogP contribution in [0.25, 0.3) is 5.69 Å². The van der Waals surface area contributed by atoms with E-state index in [0.717, 1.165) is 11.1 Å². The molecule has 0 radical (unpaired) electrons. The molecule has 0 atom stereocenters. The first-order chi connectivity index (χ1) is 16.2. The van der Waals surface area contributed by atoms with Crippen molar-refractivity contribution in [1.82, 2.24) is 19.5 Å². The molecule has 0 aliphatic carbocycles. The monoisotopic (exact) mass is 552 g/mol. The second kappa shape index (κ2) is 10.7. The molecule has 0 aliphatic rings. The number of aromatic nitrogens is 3. The fraction of sp³-hybridized carbons (Fsp3) is 0.130. The maximum atomic E-state index is 12.8. The van der Waals surface area contributed by atoms with Gasteiger partial charge in [0.2, 0.25) is 10.0 Å². The lowest BCUT2D eigenvalue weighted by Gasteiger charge is -2.13. The fourth-order valence-electron chi connectivity index (χ4n) is 3.21. The molecule has 0 saturated carbocycles. The number of sulfonamides is 1. The van der Waals surface area contributed by atoms with Crippen molar-refractivity contribution in [2.24, 2.45) is 0 Å². The molecule has 3 aromatic carbocycles. The van der Waals surface area contributed by atoms with E-state index in [1.165, 1.54) is 36.0 Å². The van der Waals surface area contributed by atoms with Crippen LogP contribution in [0.1, 0.15) is 17.0 Å². The standard InChI is InChI=1S/C23H19Cl3N4O2S2/c1-15-3-2-4-16(11-15)14-33-23-29-28-22(30(23)21-12-18(25)7-10-20(21)26)13-27-34(31,32)19-8-5-17(24)6-9-19/h2-12,27H,13-14H2,1H3. The molecule has 6 nitrogen and oxygen atoms in total. The summed E-state index contributed by atoms with van der Waals surface area (Å²) < 4.78 is 29.8. The maximum Gasteiger partial charge on any atom is 0.240 e. The maximum absolute atomic E-state index is 12.8. The number of halogens is 3. The van der Waals surface area contributed by atoms with Gasteiger partial charge >= 0.3 is 0 Å². The van der Waals surface area contributed by atoms with Gasteiger partial charge in [-0.25, -0.2) is 13.1 Å². The number of hydrogen-bond acceptors (Lipinski definition) is 5. The van der Waals surface area contributed by atoms with Crippen LogP contribution < -0.4 is 4.72 Å². The van der Waals surface area contributed by atoms with Gasteiger partial charge in [0.05, 0.1) is 22.2 Å². The molecule has 1 aromatic heterocycles. The Kier molecular flexibility index (Phi) is 7.87. The van der Waals surface area contributed by atoms with Crippen LogP contribution in [0.15, 0.2) is 76.8 Å². The Bertz CT molecular complexity index is 1420. The van der Waals surface area contributed by atoms with Crippen molar-refractivity contribution in [1.29, 1.82) is 0 Å². The molecule has 4 aromatic rings. The van der Waals surface area contributed by atoms with Gasteiger partial charge in [-0.2, -0.15) is 0 Å². The molecule has 0 bridgehead atoms. The van der Waals surface area contributed by atoms with Crippen molar-refractivity contribution < 1.29 is 8.42 Å². The van der Waals surface area contributed by atoms with E-state index in [2.05, 4.69) is 21.0 Å². The second-order valence-corrected chi connectivity index (χ2v) is 11.4. The van der Waals surface area contributed by atoms with Crippen LogP contribution in [0.3, 0.4) is 0 Å². The summed E-state index contributed by atoms with van der Waals surface area (Å²) in [6.45, 7) is 1.93. The number of benzene rings is 3. The fourth-order valence-corrected chi connectivity index (χ4v) is 5.60. The number of rotatable bonds is 8. The van der Waals surface area contributed by atoms with Gasteiger partial charge in [0, 0.05) is 15.8 Å². The van der Waals surface area contributed by atoms with Crippen LogP contribution in [0.2, 0.25) is 15.1 Å². The van der Waals surface area contributed by atoms with Crippen LogP contribution in [0, 0.1) is 6.92 Å². The van der Waals surface area contributed by atoms with Crippen molar-refractivity contribution in [3.63, 3.8) is 0 Å². The third-order valence-electron chi connectivity index (χ3n) is 4.84. The van der Waals surface area contributed by atoms with Crippen LogP contribution in [0.4, 0.5) is 0 Å². The first-order valence-corrected chi connectivity index (χ1v) is 13.7. The van der Waals surface area contributed by atoms with E-state index >= 15 is 0 Å². The minimum Gasteiger partial charge on any atom is -0.271 e. The van der Waals surface area contributed by atoms with E-state index in [-0.39, 0.29) is 11.4 Å². The molecule has 0 fully saturated rings. The molecule has 11 heteroatoms. The van der Waals surface area contributed by atoms with E-state index in [4.69, 9.17) is 34.8 Å². The smallest absolute Gasteiger partial charge is 0.240 e. The van der Waals surface area contributed by atoms with Gasteiger partial charge < -0.3 is 0 Å². The Morgan fingerprint density at radius 3 is 2.41 bits per heavy atom. The topological polar surface area (TPSA) is 76.9 Å². The highest BCUT2D eigenvalue weighted by Gasteiger charge is 2.20. The molecular weight excluding hydrogens is 535 g/mol. The molecule has 1 N–H and O–H groups in total. The minimum absolute atomic E-state index is 0.0952. The summed E-state index contributed by atoms with van der Waals surface area (Å²) in [5, 5.41) is 10.5. The Morgan fingerprint density at radius 1 is 0.941 bits per heavy atom. The van der Waals surface area contributed by atoms with Gasteiger partial charge in [-0.15, -0.1) is 10.2 Å². The lowest BCUT2D eigenvalue weighted by molar-refractivity contribution is 0.578. The van der Waals surface area contributed by atoms with E-state index in [0.29, 0.717) is 37.5 Å². The highest BCUT2D eigenvalue weighted by atomic mass is 35.5. The molecule has 0 aliphatic heterocycles. The third-order valence-corrected chi connectivity index (χ3v) is 8.07. The predicted octanol–water partition coefficient (Wildman–Crippen LogP) is 6.31. The number of thioether (sulfide) groups is 1. The van der Waals surface area contributed by atoms with Gasteiger partial charge in [0.25, 0.3) is 0 Å². The number of nitrogens with one attached hydrogen (secondary N) is 1. The molecule has 34 heavy (non-hydrogen) atoms. The van der Waals surface area contributed by atoms with E-state index < -0.39 is 10.0 Å². The van der Waals surface area contributed by atoms with Gasteiger partial charge in [-0.05, 0) is 55.0 Å². The SMILES string of the molecule is Cc1cccc(CSc2nnc(CNS(=O)(=O)c3ccc(Cl)cc3)n2-c2cc(Cl)ccc2Cl)c1. The summed E-state index contributed by atoms with van der Waals surface area (Å²) in [7, 11) is -3.80. The van der Waals surface area contributed by atoms with Crippen molar-refractivity contribution in [3.8, 4) is 5.69 Å². The Labute approximate surface area is 217 Å². The first kappa shape index (κ1) is 25.0. The Hall–Kier alpha value is -2.07. The van der Waals surface area contributed by atoms with Crippen molar-refractivity contribution in [2.75, 3.05) is 0 Å². The summed E-state index contributed by atoms with van der Waals surface area (Å²) in [5.41, 5.74) is 2.85. The molecule has 0 amide bonds. The van der Waals surface area contributed by atoms with Crippen LogP contribution in [-0.2, 0) is 22.3 Å². The molecule has 0 unspecified atom stereocenters. The first-order valence-electron chi connectivity index (χ1n) is 10.1. The zero-order valence-corrected chi connectivity index (χ0v) is 21.8. The third kappa shape index (κ3) is 5.94. The highest BCUT2D eigenvalue weighted by Crippen LogP contribution is 2.31. The van der Waals surface area contributed by atoms with E-state index in [1.54, 1.807) is 22.8 Å². The quantitative estimate of drug-likeness (QED) is 0.259. The second-order valence-electron chi connectivity index (χ2n) is 7.39. The van der Waals surface area contributed by atoms with E-state index in [1.807, 2.05) is 25.1 Å². The zero-order chi connectivity index (χ0) is 24.3. The molecule has 1 heterocycles. The Balaban J connectivity index is 1.65. The van der Waals surface area contributed by atoms with Crippen LogP contribution in [0.5, 0.6) is 0 Å². The highest BCUT2D eigenvalue weighted by molar-refractivity contribution is 7.98. The normalized spacial score (nSPS) is 11.6. The number of hydrogen-bond donors (Lipinski definition) is 1. The van der Waals surface area contributed by atoms with Crippen molar-refractivity contribution in [3.05, 3.63) is 98.7 Å². The summed E-state index contributed by atoms with van der Waals surface area (Å²) >= 11 is 20.0. The van der Waals surface area contributed by atoms with Crippen molar-refractivity contribution >= 4 is 56.6 Å².